The predicted molar refractivity (Wildman–Crippen MR) is 81.4 cm³/mol. The molecule has 2 unspecified atom stereocenters. The molecule has 0 aliphatic rings. The van der Waals surface area contributed by atoms with Crippen LogP contribution in [-0.2, 0) is 6.42 Å². The first-order chi connectivity index (χ1) is 8.71. The van der Waals surface area contributed by atoms with Crippen LogP contribution in [0.15, 0.2) is 12.3 Å². The first-order valence-corrected chi connectivity index (χ1v) is 8.15. The molecular weight excluding hydrogens is 242 g/mol. The highest BCUT2D eigenvalue weighted by Gasteiger charge is 2.10. The zero-order valence-corrected chi connectivity index (χ0v) is 13.0. The first kappa shape index (κ1) is 15.6. The molecule has 0 saturated carbocycles. The Morgan fingerprint density at radius 3 is 2.83 bits per heavy atom. The Bertz CT molecular complexity index is 325. The molecule has 3 nitrogen and oxygen atoms in total. The molecule has 0 radical (unpaired) electrons. The Hall–Kier alpha value is -0.480. The van der Waals surface area contributed by atoms with Crippen molar-refractivity contribution in [3.8, 4) is 0 Å². The van der Waals surface area contributed by atoms with Gasteiger partial charge in [-0.15, -0.1) is 0 Å². The molecule has 104 valence electrons. The fourth-order valence-electron chi connectivity index (χ4n) is 1.79. The third-order valence-electron chi connectivity index (χ3n) is 3.24. The average Bonchev–Trinajstić information content (AvgIpc) is 2.85. The summed E-state index contributed by atoms with van der Waals surface area (Å²) in [5, 5.41) is 8.06. The maximum absolute atomic E-state index is 4.66. The van der Waals surface area contributed by atoms with Crippen LogP contribution in [-0.4, -0.2) is 34.4 Å². The van der Waals surface area contributed by atoms with Crippen LogP contribution >= 0.6 is 11.8 Å². The third kappa shape index (κ3) is 5.02. The molecule has 1 aromatic rings. The Labute approximate surface area is 116 Å². The second kappa shape index (κ2) is 8.59. The molecule has 4 heteroatoms. The molecule has 1 heterocycles. The fraction of sp³-hybridized carbons (Fsp3) is 0.786. The predicted octanol–water partition coefficient (Wildman–Crippen LogP) is 3.13. The van der Waals surface area contributed by atoms with E-state index in [4.69, 9.17) is 0 Å². The molecule has 0 amide bonds. The van der Waals surface area contributed by atoms with Gasteiger partial charge in [-0.2, -0.15) is 16.9 Å². The lowest BCUT2D eigenvalue weighted by Gasteiger charge is -2.14. The van der Waals surface area contributed by atoms with Crippen molar-refractivity contribution in [2.75, 3.05) is 18.6 Å². The summed E-state index contributed by atoms with van der Waals surface area (Å²) in [4.78, 5) is 0. The van der Waals surface area contributed by atoms with Crippen LogP contribution in [0, 0.1) is 0 Å². The summed E-state index contributed by atoms with van der Waals surface area (Å²) < 4.78 is 2.08. The number of nitrogens with zero attached hydrogens (tertiary/aromatic N) is 2. The first-order valence-electron chi connectivity index (χ1n) is 7.00. The van der Waals surface area contributed by atoms with Crippen molar-refractivity contribution in [2.45, 2.75) is 52.1 Å². The molecule has 0 aliphatic carbocycles. The topological polar surface area (TPSA) is 29.9 Å². The highest BCUT2D eigenvalue weighted by molar-refractivity contribution is 7.99. The van der Waals surface area contributed by atoms with Crippen LogP contribution in [0.3, 0.4) is 0 Å². The molecule has 0 saturated heterocycles. The number of nitrogens with one attached hydrogen (secondary N) is 1. The van der Waals surface area contributed by atoms with E-state index in [0.29, 0.717) is 12.1 Å². The highest BCUT2D eigenvalue weighted by atomic mass is 32.2. The zero-order chi connectivity index (χ0) is 13.4. The normalized spacial score (nSPS) is 14.7. The van der Waals surface area contributed by atoms with E-state index in [1.54, 1.807) is 0 Å². The third-order valence-corrected chi connectivity index (χ3v) is 4.57. The van der Waals surface area contributed by atoms with Crippen LogP contribution in [0.1, 0.15) is 45.3 Å². The molecule has 0 aromatic carbocycles. The van der Waals surface area contributed by atoms with E-state index in [9.17, 15) is 0 Å². The maximum atomic E-state index is 4.66. The average molecular weight is 269 g/mol. The van der Waals surface area contributed by atoms with Gasteiger partial charge in [0.1, 0.15) is 0 Å². The van der Waals surface area contributed by atoms with E-state index >= 15 is 0 Å². The molecule has 1 aromatic heterocycles. The largest absolute Gasteiger partial charge is 0.316 e. The van der Waals surface area contributed by atoms with Crippen molar-refractivity contribution in [3.05, 3.63) is 18.0 Å². The van der Waals surface area contributed by atoms with Gasteiger partial charge in [0.25, 0.3) is 0 Å². The number of thioether (sulfide) groups is 1. The summed E-state index contributed by atoms with van der Waals surface area (Å²) in [5.74, 6) is 2.42. The fourth-order valence-corrected chi connectivity index (χ4v) is 2.81. The van der Waals surface area contributed by atoms with Crippen LogP contribution in [0.5, 0.6) is 0 Å². The maximum Gasteiger partial charge on any atom is 0.0640 e. The minimum atomic E-state index is 0.501. The molecule has 1 rings (SSSR count). The Morgan fingerprint density at radius 2 is 2.22 bits per heavy atom. The van der Waals surface area contributed by atoms with Gasteiger partial charge < -0.3 is 5.32 Å². The number of rotatable bonds is 9. The van der Waals surface area contributed by atoms with E-state index in [2.05, 4.69) is 48.1 Å². The van der Waals surface area contributed by atoms with Crippen LogP contribution in [0.2, 0.25) is 0 Å². The minimum absolute atomic E-state index is 0.501. The number of hydrogen-bond acceptors (Lipinski definition) is 3. The number of aromatic nitrogens is 2. The lowest BCUT2D eigenvalue weighted by atomic mass is 10.2. The van der Waals surface area contributed by atoms with E-state index in [0.717, 1.165) is 12.8 Å². The monoisotopic (exact) mass is 269 g/mol. The highest BCUT2D eigenvalue weighted by Crippen LogP contribution is 2.12. The summed E-state index contributed by atoms with van der Waals surface area (Å²) in [6.45, 7) is 6.64. The van der Waals surface area contributed by atoms with Crippen molar-refractivity contribution < 1.29 is 0 Å². The van der Waals surface area contributed by atoms with Gasteiger partial charge in [-0.1, -0.05) is 13.8 Å². The second-order valence-corrected chi connectivity index (χ2v) is 5.96. The van der Waals surface area contributed by atoms with Gasteiger partial charge in [0.05, 0.1) is 5.69 Å². The van der Waals surface area contributed by atoms with Crippen molar-refractivity contribution in [1.82, 2.24) is 15.1 Å². The number of likely N-dealkylation sites (N-methyl/N-ethyl adjacent to an activating group) is 1. The molecule has 2 atom stereocenters. The molecule has 0 bridgehead atoms. The van der Waals surface area contributed by atoms with Crippen molar-refractivity contribution in [2.24, 2.45) is 0 Å². The molecule has 0 aliphatic heterocycles. The van der Waals surface area contributed by atoms with E-state index in [-0.39, 0.29) is 0 Å². The van der Waals surface area contributed by atoms with Crippen LogP contribution in [0.25, 0.3) is 0 Å². The van der Waals surface area contributed by atoms with Gasteiger partial charge in [-0.3, -0.25) is 4.68 Å². The van der Waals surface area contributed by atoms with Gasteiger partial charge in [0.15, 0.2) is 0 Å². The smallest absolute Gasteiger partial charge is 0.0640 e. The van der Waals surface area contributed by atoms with Crippen LogP contribution < -0.4 is 5.32 Å². The van der Waals surface area contributed by atoms with Gasteiger partial charge >= 0.3 is 0 Å². The quantitative estimate of drug-likeness (QED) is 0.699. The standard InChI is InChI=1S/C14H27N3S/c1-5-9-18-11-14(15-4)10-13-7-8-17(16-13)12(3)6-2/h7-8,12,14-15H,5-6,9-11H2,1-4H3. The molecule has 0 fully saturated rings. The van der Waals surface area contributed by atoms with Crippen molar-refractivity contribution in [1.29, 1.82) is 0 Å². The Kier molecular flexibility index (Phi) is 7.44. The molecule has 0 spiro atoms. The summed E-state index contributed by atoms with van der Waals surface area (Å²) in [6, 6.07) is 3.18. The van der Waals surface area contributed by atoms with Crippen molar-refractivity contribution in [3.63, 3.8) is 0 Å². The SMILES string of the molecule is CCCSCC(Cc1ccn(C(C)CC)n1)NC. The summed E-state index contributed by atoms with van der Waals surface area (Å²) in [5.41, 5.74) is 1.20. The number of hydrogen-bond donors (Lipinski definition) is 1. The second-order valence-electron chi connectivity index (χ2n) is 4.81. The van der Waals surface area contributed by atoms with Gasteiger partial charge in [0, 0.05) is 30.5 Å². The van der Waals surface area contributed by atoms with Crippen molar-refractivity contribution >= 4 is 11.8 Å². The summed E-state index contributed by atoms with van der Waals surface area (Å²) in [7, 11) is 2.04. The molecule has 18 heavy (non-hydrogen) atoms. The van der Waals surface area contributed by atoms with E-state index in [1.165, 1.54) is 23.6 Å². The van der Waals surface area contributed by atoms with E-state index in [1.807, 2.05) is 18.8 Å². The summed E-state index contributed by atoms with van der Waals surface area (Å²) in [6.07, 6.45) is 5.51. The Morgan fingerprint density at radius 1 is 1.44 bits per heavy atom. The molecule has 1 N–H and O–H groups in total. The Balaban J connectivity index is 2.46. The lowest BCUT2D eigenvalue weighted by molar-refractivity contribution is 0.470. The lowest BCUT2D eigenvalue weighted by Crippen LogP contribution is -2.30. The molecular formula is C14H27N3S. The summed E-state index contributed by atoms with van der Waals surface area (Å²) >= 11 is 2.03. The zero-order valence-electron chi connectivity index (χ0n) is 12.1. The van der Waals surface area contributed by atoms with E-state index < -0.39 is 0 Å². The van der Waals surface area contributed by atoms with Gasteiger partial charge in [-0.05, 0) is 38.6 Å². The van der Waals surface area contributed by atoms with Gasteiger partial charge in [-0.25, -0.2) is 0 Å². The van der Waals surface area contributed by atoms with Crippen LogP contribution in [0.4, 0.5) is 0 Å². The van der Waals surface area contributed by atoms with Gasteiger partial charge in [0.2, 0.25) is 0 Å². The minimum Gasteiger partial charge on any atom is -0.316 e.